The number of guanidine groups is 1. The zero-order chi connectivity index (χ0) is 19.3. The van der Waals surface area contributed by atoms with Crippen molar-refractivity contribution >= 4 is 35.9 Å². The van der Waals surface area contributed by atoms with Gasteiger partial charge in [-0.1, -0.05) is 26.2 Å². The van der Waals surface area contributed by atoms with Gasteiger partial charge in [-0.15, -0.1) is 24.0 Å². The lowest BCUT2D eigenvalue weighted by molar-refractivity contribution is 0.263. The van der Waals surface area contributed by atoms with E-state index < -0.39 is 0 Å². The number of nitrogens with zero attached hydrogens (tertiary/aromatic N) is 5. The highest BCUT2D eigenvalue weighted by atomic mass is 127. The van der Waals surface area contributed by atoms with Crippen LogP contribution in [0.3, 0.4) is 0 Å². The van der Waals surface area contributed by atoms with E-state index in [9.17, 15) is 0 Å². The molecule has 7 nitrogen and oxygen atoms in total. The van der Waals surface area contributed by atoms with Crippen LogP contribution in [0, 0.1) is 0 Å². The molecule has 1 aromatic heterocycles. The second-order valence-electron chi connectivity index (χ2n) is 7.18. The van der Waals surface area contributed by atoms with Crippen LogP contribution in [0.2, 0.25) is 0 Å². The van der Waals surface area contributed by atoms with Crippen LogP contribution in [0.25, 0.3) is 0 Å². The van der Waals surface area contributed by atoms with Gasteiger partial charge in [-0.25, -0.2) is 9.97 Å². The molecule has 160 valence electrons. The first-order chi connectivity index (χ1) is 13.2. The number of rotatable bonds is 10. The summed E-state index contributed by atoms with van der Waals surface area (Å²) in [4.78, 5) is 18.2. The summed E-state index contributed by atoms with van der Waals surface area (Å²) in [6.45, 7) is 13.3. The molecule has 1 aliphatic heterocycles. The van der Waals surface area contributed by atoms with Gasteiger partial charge in [-0.3, -0.25) is 9.89 Å². The molecule has 2 N–H and O–H groups in total. The lowest BCUT2D eigenvalue weighted by atomic mass is 10.1. The second-order valence-corrected chi connectivity index (χ2v) is 7.18. The average molecular weight is 503 g/mol. The van der Waals surface area contributed by atoms with E-state index in [1.807, 2.05) is 18.5 Å². The summed E-state index contributed by atoms with van der Waals surface area (Å²) in [6, 6.07) is 2.32. The number of aliphatic imine (C=N–C) groups is 1. The molecule has 1 saturated heterocycles. The molecular weight excluding hydrogens is 465 g/mol. The highest BCUT2D eigenvalue weighted by molar-refractivity contribution is 14.0. The fourth-order valence-electron chi connectivity index (χ4n) is 3.26. The molecule has 28 heavy (non-hydrogen) atoms. The van der Waals surface area contributed by atoms with Gasteiger partial charge in [-0.05, 0) is 26.3 Å². The summed E-state index contributed by atoms with van der Waals surface area (Å²) in [5.41, 5.74) is 0. The molecule has 0 amide bonds. The Kier molecular flexibility index (Phi) is 13.1. The first-order valence-electron chi connectivity index (χ1n) is 10.5. The molecule has 0 aliphatic carbocycles. The van der Waals surface area contributed by atoms with Gasteiger partial charge >= 0.3 is 0 Å². The van der Waals surface area contributed by atoms with Crippen molar-refractivity contribution in [3.8, 4) is 0 Å². The molecule has 2 heterocycles. The smallest absolute Gasteiger partial charge is 0.225 e. The van der Waals surface area contributed by atoms with Crippen LogP contribution in [0.5, 0.6) is 0 Å². The highest BCUT2D eigenvalue weighted by Gasteiger charge is 2.18. The third kappa shape index (κ3) is 9.36. The number of nitrogens with one attached hydrogen (secondary N) is 2. The summed E-state index contributed by atoms with van der Waals surface area (Å²) in [7, 11) is 0. The number of piperazine rings is 1. The van der Waals surface area contributed by atoms with Gasteiger partial charge in [0.25, 0.3) is 0 Å². The predicted molar refractivity (Wildman–Crippen MR) is 129 cm³/mol. The van der Waals surface area contributed by atoms with E-state index in [-0.39, 0.29) is 24.0 Å². The third-order valence-corrected chi connectivity index (χ3v) is 4.86. The summed E-state index contributed by atoms with van der Waals surface area (Å²) in [5, 5.41) is 6.90. The third-order valence-electron chi connectivity index (χ3n) is 4.86. The van der Waals surface area contributed by atoms with Crippen molar-refractivity contribution < 1.29 is 0 Å². The largest absolute Gasteiger partial charge is 0.357 e. The standard InChI is InChI=1S/C20H37N7.HI/c1-4-6-7-9-18(3)25-19(21-5-2)22-12-13-26-14-16-27(17-15-26)20-23-10-8-11-24-20;/h8,10-11,18H,4-7,9,12-17H2,1-3H3,(H2,21,22,25);1H. The minimum Gasteiger partial charge on any atom is -0.357 e. The molecular formula is C20H38IN7. The second kappa shape index (κ2) is 14.8. The van der Waals surface area contributed by atoms with Gasteiger partial charge in [0.2, 0.25) is 5.95 Å². The van der Waals surface area contributed by atoms with Crippen molar-refractivity contribution in [3.63, 3.8) is 0 Å². The molecule has 0 saturated carbocycles. The molecule has 2 rings (SSSR count). The van der Waals surface area contributed by atoms with Crippen molar-refractivity contribution in [3.05, 3.63) is 18.5 Å². The molecule has 0 radical (unpaired) electrons. The first kappa shape index (κ1) is 24.9. The van der Waals surface area contributed by atoms with E-state index >= 15 is 0 Å². The predicted octanol–water partition coefficient (Wildman–Crippen LogP) is 2.74. The molecule has 1 aliphatic rings. The Labute approximate surface area is 187 Å². The normalized spacial score (nSPS) is 16.4. The minimum absolute atomic E-state index is 0. The number of hydrogen-bond donors (Lipinski definition) is 2. The fraction of sp³-hybridized carbons (Fsp3) is 0.750. The van der Waals surface area contributed by atoms with Crippen LogP contribution >= 0.6 is 24.0 Å². The number of unbranched alkanes of at least 4 members (excludes halogenated alkanes) is 2. The van der Waals surface area contributed by atoms with E-state index in [1.165, 1.54) is 25.7 Å². The van der Waals surface area contributed by atoms with Gasteiger partial charge in [0, 0.05) is 57.7 Å². The highest BCUT2D eigenvalue weighted by Crippen LogP contribution is 2.09. The van der Waals surface area contributed by atoms with Crippen LogP contribution in [0.15, 0.2) is 23.5 Å². The Morgan fingerprint density at radius 3 is 2.50 bits per heavy atom. The Balaban J connectivity index is 0.00000392. The van der Waals surface area contributed by atoms with Crippen LogP contribution < -0.4 is 15.5 Å². The Hall–Kier alpha value is -1.16. The maximum Gasteiger partial charge on any atom is 0.225 e. The molecule has 1 aromatic rings. The van der Waals surface area contributed by atoms with Gasteiger partial charge in [-0.2, -0.15) is 0 Å². The fourth-order valence-corrected chi connectivity index (χ4v) is 3.26. The summed E-state index contributed by atoms with van der Waals surface area (Å²) >= 11 is 0. The Morgan fingerprint density at radius 2 is 1.86 bits per heavy atom. The van der Waals surface area contributed by atoms with Gasteiger partial charge < -0.3 is 15.5 Å². The summed E-state index contributed by atoms with van der Waals surface area (Å²) in [6.07, 6.45) is 8.66. The number of aromatic nitrogens is 2. The zero-order valence-corrected chi connectivity index (χ0v) is 20.1. The van der Waals surface area contributed by atoms with Crippen LogP contribution in [0.4, 0.5) is 5.95 Å². The molecule has 0 spiro atoms. The zero-order valence-electron chi connectivity index (χ0n) is 17.7. The topological polar surface area (TPSA) is 68.7 Å². The average Bonchev–Trinajstić information content (AvgIpc) is 2.69. The van der Waals surface area contributed by atoms with E-state index in [1.54, 1.807) is 0 Å². The van der Waals surface area contributed by atoms with E-state index in [4.69, 9.17) is 4.99 Å². The van der Waals surface area contributed by atoms with Crippen molar-refractivity contribution in [1.29, 1.82) is 0 Å². The molecule has 0 aromatic carbocycles. The lowest BCUT2D eigenvalue weighted by Gasteiger charge is -2.34. The van der Waals surface area contributed by atoms with Crippen LogP contribution in [0.1, 0.15) is 46.5 Å². The molecule has 0 bridgehead atoms. The van der Waals surface area contributed by atoms with Crippen molar-refractivity contribution in [1.82, 2.24) is 25.5 Å². The van der Waals surface area contributed by atoms with E-state index in [0.717, 1.165) is 57.7 Å². The maximum atomic E-state index is 4.77. The Morgan fingerprint density at radius 1 is 1.14 bits per heavy atom. The van der Waals surface area contributed by atoms with E-state index in [2.05, 4.69) is 51.2 Å². The number of hydrogen-bond acceptors (Lipinski definition) is 5. The van der Waals surface area contributed by atoms with Gasteiger partial charge in [0.1, 0.15) is 0 Å². The minimum atomic E-state index is 0. The SMILES string of the molecule is CCCCCC(C)NC(=NCCN1CCN(c2ncccn2)CC1)NCC.I. The molecule has 1 unspecified atom stereocenters. The molecule has 1 atom stereocenters. The summed E-state index contributed by atoms with van der Waals surface area (Å²) < 4.78 is 0. The summed E-state index contributed by atoms with van der Waals surface area (Å²) in [5.74, 6) is 1.78. The first-order valence-corrected chi connectivity index (χ1v) is 10.5. The lowest BCUT2D eigenvalue weighted by Crippen LogP contribution is -2.48. The van der Waals surface area contributed by atoms with Crippen molar-refractivity contribution in [2.75, 3.05) is 50.7 Å². The quantitative estimate of drug-likeness (QED) is 0.222. The van der Waals surface area contributed by atoms with E-state index in [0.29, 0.717) is 6.04 Å². The maximum absolute atomic E-state index is 4.77. The number of anilines is 1. The molecule has 8 heteroatoms. The number of halogens is 1. The van der Waals surface area contributed by atoms with Gasteiger partial charge in [0.15, 0.2) is 5.96 Å². The van der Waals surface area contributed by atoms with Crippen LogP contribution in [-0.2, 0) is 0 Å². The monoisotopic (exact) mass is 503 g/mol. The Bertz CT molecular complexity index is 533. The van der Waals surface area contributed by atoms with Crippen molar-refractivity contribution in [2.45, 2.75) is 52.5 Å². The van der Waals surface area contributed by atoms with Gasteiger partial charge in [0.05, 0.1) is 6.54 Å². The van der Waals surface area contributed by atoms with Crippen molar-refractivity contribution in [2.24, 2.45) is 4.99 Å². The van der Waals surface area contributed by atoms with Crippen LogP contribution in [-0.4, -0.2) is 72.7 Å². The molecule has 1 fully saturated rings.